The van der Waals surface area contributed by atoms with Crippen molar-refractivity contribution in [1.29, 1.82) is 0 Å². The second-order valence-electron chi connectivity index (χ2n) is 16.1. The van der Waals surface area contributed by atoms with E-state index in [1.165, 1.54) is 12.1 Å². The Kier molecular flexibility index (Phi) is 17.4. The number of nitrogens with one attached hydrogen (secondary N) is 6. The average Bonchev–Trinajstić information content (AvgIpc) is 3.18. The van der Waals surface area contributed by atoms with Crippen LogP contribution in [0.1, 0.15) is 73.4 Å². The number of ketones is 2. The quantitative estimate of drug-likeness (QED) is 0.0584. The Bertz CT molecular complexity index is 2030. The van der Waals surface area contributed by atoms with Gasteiger partial charge < -0.3 is 63.1 Å². The summed E-state index contributed by atoms with van der Waals surface area (Å²) in [5, 5.41) is 36.5. The molecule has 3 rings (SSSR count). The van der Waals surface area contributed by atoms with Crippen molar-refractivity contribution < 1.29 is 67.6 Å². The Morgan fingerprint density at radius 1 is 0.531 bits per heavy atom. The van der Waals surface area contributed by atoms with Gasteiger partial charge in [0.2, 0.25) is 47.0 Å². The lowest BCUT2D eigenvalue weighted by Crippen LogP contribution is -2.47. The van der Waals surface area contributed by atoms with E-state index < -0.39 is 132 Å². The van der Waals surface area contributed by atoms with E-state index in [1.54, 1.807) is 41.5 Å². The monoisotopic (exact) mass is 898 g/mol. The first-order chi connectivity index (χ1) is 29.8. The molecule has 0 atom stereocenters. The van der Waals surface area contributed by atoms with Crippen molar-refractivity contribution in [3.05, 3.63) is 46.5 Å². The standard InChI is InChI=1S/C40H54N10O14/c1-39(2,3)63-37(61)49(19-29(57)47-17-27(55)45-15-25(41)53)13-11-43-21-7-8-22(32-31(21)35(59)33-23(51)9-10-24(52)34(33)36(32)60)44-12-14-50(38(62)64-40(4,5)6)20-30(58)48-18-28(56)46-16-26(42)54/h7-10,43-44,51-52H,11-20H2,1-6H3,(H2,41,53)(H2,42,54)(H,45,55)(H,46,56)(H,47,57)(H,48,58). The predicted octanol–water partition coefficient (Wildman–Crippen LogP) is -1.39. The van der Waals surface area contributed by atoms with Gasteiger partial charge in [0.15, 0.2) is 0 Å². The molecule has 0 bridgehead atoms. The number of benzene rings is 2. The summed E-state index contributed by atoms with van der Waals surface area (Å²) >= 11 is 0. The summed E-state index contributed by atoms with van der Waals surface area (Å²) < 4.78 is 10.9. The SMILES string of the molecule is CC(C)(C)OC(=O)N(CCNc1ccc(NCCN(CC(=O)NCC(=O)NCC(N)=O)C(=O)OC(C)(C)C)c2c1C(=O)c1c(O)ccc(O)c1C2=O)CC(=O)NCC(=O)NCC(N)=O. The number of rotatable bonds is 20. The number of aromatic hydroxyl groups is 2. The van der Waals surface area contributed by atoms with Crippen molar-refractivity contribution in [1.82, 2.24) is 31.1 Å². The molecule has 24 heteroatoms. The molecular weight excluding hydrogens is 844 g/mol. The van der Waals surface area contributed by atoms with Crippen LogP contribution in [0.5, 0.6) is 11.5 Å². The Morgan fingerprint density at radius 2 is 0.859 bits per heavy atom. The summed E-state index contributed by atoms with van der Waals surface area (Å²) in [6.07, 6.45) is -1.82. The van der Waals surface area contributed by atoms with Crippen LogP contribution in [0, 0.1) is 0 Å². The summed E-state index contributed by atoms with van der Waals surface area (Å²) in [5.74, 6) is -7.49. The van der Waals surface area contributed by atoms with Crippen LogP contribution in [0.4, 0.5) is 21.0 Å². The van der Waals surface area contributed by atoms with Gasteiger partial charge in [-0.3, -0.25) is 48.2 Å². The molecule has 1 aliphatic carbocycles. The van der Waals surface area contributed by atoms with Crippen LogP contribution in [-0.2, 0) is 38.2 Å². The molecule has 2 aromatic rings. The van der Waals surface area contributed by atoms with Crippen LogP contribution in [0.3, 0.4) is 0 Å². The van der Waals surface area contributed by atoms with E-state index in [1.807, 2.05) is 0 Å². The third-order valence-electron chi connectivity index (χ3n) is 8.45. The number of hydrogen-bond donors (Lipinski definition) is 10. The maximum Gasteiger partial charge on any atom is 0.410 e. The Hall–Kier alpha value is -7.66. The van der Waals surface area contributed by atoms with Crippen LogP contribution in [0.2, 0.25) is 0 Å². The second-order valence-corrected chi connectivity index (χ2v) is 16.1. The van der Waals surface area contributed by atoms with Crippen molar-refractivity contribution in [2.45, 2.75) is 52.7 Å². The van der Waals surface area contributed by atoms with Crippen LogP contribution in [-0.4, -0.2) is 156 Å². The van der Waals surface area contributed by atoms with Crippen molar-refractivity contribution in [2.24, 2.45) is 11.5 Å². The number of ether oxygens (including phenoxy) is 2. The van der Waals surface area contributed by atoms with Gasteiger partial charge in [-0.1, -0.05) is 0 Å². The first kappa shape index (κ1) is 50.7. The topological polar surface area (TPSA) is 360 Å². The highest BCUT2D eigenvalue weighted by Gasteiger charge is 2.38. The molecule has 64 heavy (non-hydrogen) atoms. The second kappa shape index (κ2) is 21.9. The zero-order valence-corrected chi connectivity index (χ0v) is 36.2. The van der Waals surface area contributed by atoms with Crippen LogP contribution < -0.4 is 43.4 Å². The first-order valence-corrected chi connectivity index (χ1v) is 19.7. The molecule has 0 saturated carbocycles. The van der Waals surface area contributed by atoms with E-state index in [-0.39, 0.29) is 48.7 Å². The Morgan fingerprint density at radius 3 is 1.17 bits per heavy atom. The smallest absolute Gasteiger partial charge is 0.410 e. The van der Waals surface area contributed by atoms with Crippen molar-refractivity contribution in [3.8, 4) is 11.5 Å². The molecule has 2 aromatic carbocycles. The van der Waals surface area contributed by atoms with E-state index in [0.29, 0.717) is 0 Å². The number of hydrogen-bond acceptors (Lipinski definition) is 16. The molecule has 348 valence electrons. The molecule has 0 aliphatic heterocycles. The van der Waals surface area contributed by atoms with Crippen molar-refractivity contribution in [3.63, 3.8) is 0 Å². The molecule has 0 unspecified atom stereocenters. The number of anilines is 2. The lowest BCUT2D eigenvalue weighted by Gasteiger charge is -2.28. The molecule has 8 amide bonds. The molecule has 0 saturated heterocycles. The highest BCUT2D eigenvalue weighted by molar-refractivity contribution is 6.33. The van der Waals surface area contributed by atoms with E-state index >= 15 is 0 Å². The summed E-state index contributed by atoms with van der Waals surface area (Å²) in [6, 6.07) is 4.91. The third-order valence-corrected chi connectivity index (χ3v) is 8.45. The zero-order chi connectivity index (χ0) is 48.1. The molecule has 12 N–H and O–H groups in total. The van der Waals surface area contributed by atoms with Gasteiger partial charge >= 0.3 is 12.2 Å². The molecule has 0 heterocycles. The van der Waals surface area contributed by atoms with Gasteiger partial charge in [0, 0.05) is 37.6 Å². The van der Waals surface area contributed by atoms with Gasteiger partial charge in [0.25, 0.3) is 0 Å². The minimum Gasteiger partial charge on any atom is -0.507 e. The number of carbonyl (C=O) groups excluding carboxylic acids is 10. The Labute approximate surface area is 367 Å². The summed E-state index contributed by atoms with van der Waals surface area (Å²) in [4.78, 5) is 128. The normalized spacial score (nSPS) is 11.8. The highest BCUT2D eigenvalue weighted by atomic mass is 16.6. The molecule has 0 aromatic heterocycles. The van der Waals surface area contributed by atoms with E-state index in [4.69, 9.17) is 20.9 Å². The van der Waals surface area contributed by atoms with E-state index in [9.17, 15) is 58.2 Å². The molecular formula is C40H54N10O14. The predicted molar refractivity (Wildman–Crippen MR) is 226 cm³/mol. The lowest BCUT2D eigenvalue weighted by atomic mass is 9.81. The third kappa shape index (κ3) is 15.4. The fourth-order valence-corrected chi connectivity index (χ4v) is 5.75. The van der Waals surface area contributed by atoms with Gasteiger partial charge in [-0.15, -0.1) is 0 Å². The molecule has 1 aliphatic rings. The lowest BCUT2D eigenvalue weighted by molar-refractivity contribution is -0.127. The molecule has 0 radical (unpaired) electrons. The van der Waals surface area contributed by atoms with Gasteiger partial charge in [-0.2, -0.15) is 0 Å². The number of amides is 8. The van der Waals surface area contributed by atoms with Crippen LogP contribution >= 0.6 is 0 Å². The maximum absolute atomic E-state index is 14.2. The van der Waals surface area contributed by atoms with Crippen molar-refractivity contribution >= 4 is 70.6 Å². The summed E-state index contributed by atoms with van der Waals surface area (Å²) in [7, 11) is 0. The number of nitrogens with two attached hydrogens (primary N) is 2. The highest BCUT2D eigenvalue weighted by Crippen LogP contribution is 2.42. The number of phenols is 2. The zero-order valence-electron chi connectivity index (χ0n) is 36.2. The number of fused-ring (bicyclic) bond motifs is 2. The van der Waals surface area contributed by atoms with Crippen LogP contribution in [0.15, 0.2) is 24.3 Å². The number of primary amides is 2. The molecule has 0 spiro atoms. The fraction of sp³-hybridized carbons (Fsp3) is 0.450. The van der Waals surface area contributed by atoms with Gasteiger partial charge in [-0.25, -0.2) is 9.59 Å². The van der Waals surface area contributed by atoms with E-state index in [0.717, 1.165) is 21.9 Å². The summed E-state index contributed by atoms with van der Waals surface area (Å²) in [6.45, 7) is 5.67. The number of phenolic OH excluding ortho intramolecular Hbond substituents is 2. The van der Waals surface area contributed by atoms with Crippen molar-refractivity contribution in [2.75, 3.05) is 76.1 Å². The molecule has 0 fully saturated rings. The van der Waals surface area contributed by atoms with Gasteiger partial charge in [0.1, 0.15) is 35.8 Å². The minimum atomic E-state index is -0.980. The Balaban J connectivity index is 1.90. The van der Waals surface area contributed by atoms with Crippen LogP contribution in [0.25, 0.3) is 0 Å². The fourth-order valence-electron chi connectivity index (χ4n) is 5.75. The average molecular weight is 899 g/mol. The number of carbonyl (C=O) groups is 10. The minimum absolute atomic E-state index is 0.0407. The molecule has 24 nitrogen and oxygen atoms in total. The van der Waals surface area contributed by atoms with Gasteiger partial charge in [0.05, 0.1) is 48.4 Å². The summed E-state index contributed by atoms with van der Waals surface area (Å²) in [5.41, 5.74) is 6.70. The maximum atomic E-state index is 14.2. The largest absolute Gasteiger partial charge is 0.507 e. The first-order valence-electron chi connectivity index (χ1n) is 19.7. The number of nitrogens with zero attached hydrogens (tertiary/aromatic N) is 2. The van der Waals surface area contributed by atoms with Gasteiger partial charge in [-0.05, 0) is 65.8 Å². The van der Waals surface area contributed by atoms with E-state index in [2.05, 4.69) is 31.9 Å².